The molecule has 0 aliphatic rings. The quantitative estimate of drug-likeness (QED) is 0.236. The van der Waals surface area contributed by atoms with Gasteiger partial charge in [-0.25, -0.2) is 0 Å². The standard InChI is InChI=1S/C5H13N.CH4.2CH3.I3.K.H3N/c1-5(2)6(3)4;;;;1-3-2;;/h5H,1-4H3;1H4;2*1H3;;;1H3/q;;3*-1;+1;. The number of nitrogens with zero attached hydrogens (tertiary/aromatic N) is 1. The van der Waals surface area contributed by atoms with Crippen molar-refractivity contribution in [3.05, 3.63) is 14.9 Å². The second-order valence-electron chi connectivity index (χ2n) is 2.11. The van der Waals surface area contributed by atoms with Gasteiger partial charge in [0.05, 0.1) is 0 Å². The van der Waals surface area contributed by atoms with Gasteiger partial charge in [-0.1, -0.05) is 7.43 Å². The molecule has 0 atom stereocenters. The van der Waals surface area contributed by atoms with Gasteiger partial charge in [0.15, 0.2) is 0 Å². The van der Waals surface area contributed by atoms with Gasteiger partial charge >= 0.3 is 102 Å². The Balaban J connectivity index is -0.0000000113. The van der Waals surface area contributed by atoms with Crippen LogP contribution in [0.25, 0.3) is 0 Å². The fraction of sp³-hybridized carbons (Fsp3) is 0.750. The molecule has 0 aromatic heterocycles. The van der Waals surface area contributed by atoms with Gasteiger partial charge in [-0.3, -0.25) is 0 Å². The molecule has 0 saturated carbocycles. The Labute approximate surface area is 165 Å². The van der Waals surface area contributed by atoms with Crippen LogP contribution in [-0.2, 0) is 0 Å². The summed E-state index contributed by atoms with van der Waals surface area (Å²) in [5, 5.41) is 0. The third-order valence-corrected chi connectivity index (χ3v) is 1.03. The van der Waals surface area contributed by atoms with E-state index in [4.69, 9.17) is 0 Å². The van der Waals surface area contributed by atoms with Crippen LogP contribution in [0.2, 0.25) is 0 Å². The van der Waals surface area contributed by atoms with Crippen molar-refractivity contribution in [3.8, 4) is 0 Å². The molecule has 0 bridgehead atoms. The Bertz CT molecular complexity index is 51.9. The van der Waals surface area contributed by atoms with Crippen LogP contribution < -0.4 is 70.8 Å². The zero-order valence-corrected chi connectivity index (χ0v) is 19.5. The fourth-order valence-electron chi connectivity index (χ4n) is 0. The van der Waals surface area contributed by atoms with E-state index in [0.29, 0.717) is 19.3 Å². The molecule has 2 nitrogen and oxygen atoms in total. The van der Waals surface area contributed by atoms with Crippen LogP contribution >= 0.6 is 37.2 Å². The van der Waals surface area contributed by atoms with Gasteiger partial charge in [-0.15, -0.1) is 0 Å². The molecule has 0 unspecified atom stereocenters. The first-order valence-corrected chi connectivity index (χ1v) is 15.2. The summed E-state index contributed by atoms with van der Waals surface area (Å²) in [5.74, 6) is 0. The third-order valence-electron chi connectivity index (χ3n) is 1.03. The maximum atomic E-state index is 2.39. The number of halogens is 3. The van der Waals surface area contributed by atoms with Crippen molar-refractivity contribution in [1.82, 2.24) is 11.1 Å². The first-order chi connectivity index (χ1) is 4.06. The molecule has 0 saturated heterocycles. The molecule has 0 amide bonds. The van der Waals surface area contributed by atoms with Crippen molar-refractivity contribution in [2.45, 2.75) is 27.3 Å². The maximum absolute atomic E-state index is 2.39. The van der Waals surface area contributed by atoms with Gasteiger partial charge in [0.2, 0.25) is 0 Å². The molecular formula is C8H26I3KN2-2. The zero-order valence-electron chi connectivity index (χ0n) is 9.87. The number of hydrogen-bond acceptors (Lipinski definition) is 2. The second kappa shape index (κ2) is 36.0. The number of hydrogen-bond donors (Lipinski definition) is 1. The van der Waals surface area contributed by atoms with Crippen LogP contribution in [-0.4, -0.2) is 25.0 Å². The Kier molecular flexibility index (Phi) is 111. The first-order valence-electron chi connectivity index (χ1n) is 2.59. The third kappa shape index (κ3) is 57.1. The normalized spacial score (nSPS) is 6.29. The minimum Gasteiger partial charge on any atom is -0.358 e. The van der Waals surface area contributed by atoms with E-state index in [1.807, 2.05) is 0 Å². The van der Waals surface area contributed by atoms with Crippen LogP contribution in [0, 0.1) is 14.9 Å². The monoisotopic (exact) mass is 570 g/mol. The van der Waals surface area contributed by atoms with Gasteiger partial charge < -0.3 is 25.9 Å². The summed E-state index contributed by atoms with van der Waals surface area (Å²) < 4.78 is 0. The van der Waals surface area contributed by atoms with Gasteiger partial charge in [-0.05, 0) is 27.9 Å². The summed E-state index contributed by atoms with van der Waals surface area (Å²) in [4.78, 5) is 2.17. The molecule has 0 spiro atoms. The largest absolute Gasteiger partial charge is 1.00 e. The SMILES string of the molecule is C.CC(C)N(C)C.I[I-]I.N.[CH3-].[CH3-].[K+]. The van der Waals surface area contributed by atoms with Crippen molar-refractivity contribution in [2.75, 3.05) is 14.1 Å². The fourth-order valence-corrected chi connectivity index (χ4v) is 0. The van der Waals surface area contributed by atoms with E-state index < -0.39 is 0 Å². The Morgan fingerprint density at radius 3 is 1.14 bits per heavy atom. The molecule has 0 aliphatic carbocycles. The minimum atomic E-state index is 0. The molecule has 0 aromatic carbocycles. The molecule has 0 fully saturated rings. The molecule has 92 valence electrons. The molecule has 0 rings (SSSR count). The van der Waals surface area contributed by atoms with E-state index in [9.17, 15) is 0 Å². The van der Waals surface area contributed by atoms with Crippen molar-refractivity contribution in [2.24, 2.45) is 0 Å². The van der Waals surface area contributed by atoms with Gasteiger partial charge in [0, 0.05) is 6.04 Å². The Morgan fingerprint density at radius 1 is 1.07 bits per heavy atom. The van der Waals surface area contributed by atoms with E-state index in [1.54, 1.807) is 0 Å². The second-order valence-corrected chi connectivity index (χ2v) is 18.4. The summed E-state index contributed by atoms with van der Waals surface area (Å²) in [6.07, 6.45) is 0. The molecule has 3 N–H and O–H groups in total. The van der Waals surface area contributed by atoms with E-state index in [-0.39, 0.29) is 79.8 Å². The van der Waals surface area contributed by atoms with E-state index in [1.165, 1.54) is 0 Å². The Morgan fingerprint density at radius 2 is 1.14 bits per heavy atom. The van der Waals surface area contributed by atoms with Crippen LogP contribution in [0.5, 0.6) is 0 Å². The maximum Gasteiger partial charge on any atom is 1.00 e. The molecule has 6 heteroatoms. The average Bonchev–Trinajstić information content (AvgIpc) is 1.68. The molecule has 0 radical (unpaired) electrons. The molecule has 14 heavy (non-hydrogen) atoms. The van der Waals surface area contributed by atoms with Crippen LogP contribution in [0.4, 0.5) is 0 Å². The van der Waals surface area contributed by atoms with E-state index in [0.717, 1.165) is 0 Å². The predicted octanol–water partition coefficient (Wildman–Crippen LogP) is -1.57. The van der Waals surface area contributed by atoms with Crippen LogP contribution in [0.3, 0.4) is 0 Å². The van der Waals surface area contributed by atoms with Crippen molar-refractivity contribution in [1.29, 1.82) is 0 Å². The Hall–Kier alpha value is 3.75. The van der Waals surface area contributed by atoms with E-state index in [2.05, 4.69) is 70.1 Å². The first kappa shape index (κ1) is 43.1. The molecule has 0 aliphatic heterocycles. The zero-order chi connectivity index (χ0) is 7.86. The van der Waals surface area contributed by atoms with Crippen molar-refractivity contribution in [3.63, 3.8) is 0 Å². The minimum absolute atomic E-state index is 0. The van der Waals surface area contributed by atoms with Crippen LogP contribution in [0.1, 0.15) is 21.3 Å². The van der Waals surface area contributed by atoms with Crippen molar-refractivity contribution >= 4 is 37.2 Å². The topological polar surface area (TPSA) is 38.2 Å². The van der Waals surface area contributed by atoms with Gasteiger partial charge in [0.25, 0.3) is 0 Å². The summed E-state index contributed by atoms with van der Waals surface area (Å²) >= 11 is 5.30. The van der Waals surface area contributed by atoms with E-state index >= 15 is 0 Å². The van der Waals surface area contributed by atoms with Gasteiger partial charge in [0.1, 0.15) is 0 Å². The van der Waals surface area contributed by atoms with Crippen molar-refractivity contribution < 1.29 is 64.6 Å². The number of rotatable bonds is 1. The summed E-state index contributed by atoms with van der Waals surface area (Å²) in [6, 6.07) is 0.685. The van der Waals surface area contributed by atoms with Gasteiger partial charge in [-0.2, -0.15) is 0 Å². The average molecular weight is 570 g/mol. The molecule has 0 heterocycles. The van der Waals surface area contributed by atoms with Crippen LogP contribution in [0.15, 0.2) is 0 Å². The predicted molar refractivity (Wildman–Crippen MR) is 81.4 cm³/mol. The smallest absolute Gasteiger partial charge is 0.358 e. The summed E-state index contributed by atoms with van der Waals surface area (Å²) in [6.45, 7) is 4.33. The summed E-state index contributed by atoms with van der Waals surface area (Å²) in [7, 11) is 4.15. The molecule has 0 aromatic rings. The molecular weight excluding hydrogens is 544 g/mol. The summed E-state index contributed by atoms with van der Waals surface area (Å²) in [5.41, 5.74) is 0.